The van der Waals surface area contributed by atoms with Gasteiger partial charge in [0.15, 0.2) is 0 Å². The van der Waals surface area contributed by atoms with Crippen molar-refractivity contribution in [2.24, 2.45) is 7.05 Å². The van der Waals surface area contributed by atoms with Crippen LogP contribution in [-0.2, 0) is 18.3 Å². The van der Waals surface area contributed by atoms with E-state index in [1.54, 1.807) is 7.11 Å². The Morgan fingerprint density at radius 3 is 2.83 bits per heavy atom. The third kappa shape index (κ3) is 3.52. The van der Waals surface area contributed by atoms with E-state index in [1.807, 2.05) is 18.7 Å². The molecule has 3 rings (SSSR count). The maximum Gasteiger partial charge on any atom is 0.216 e. The Bertz CT molecular complexity index is 522. The van der Waals surface area contributed by atoms with Gasteiger partial charge < -0.3 is 14.8 Å². The first-order chi connectivity index (χ1) is 11.2. The Labute approximate surface area is 142 Å². The van der Waals surface area contributed by atoms with Crippen molar-refractivity contribution in [1.29, 1.82) is 0 Å². The molecular formula is C16H28N4O2S. The van der Waals surface area contributed by atoms with Gasteiger partial charge in [-0.2, -0.15) is 16.9 Å². The second-order valence-corrected chi connectivity index (χ2v) is 7.53. The zero-order valence-electron chi connectivity index (χ0n) is 14.4. The molecule has 0 spiro atoms. The van der Waals surface area contributed by atoms with Crippen molar-refractivity contribution in [2.45, 2.75) is 25.4 Å². The Morgan fingerprint density at radius 1 is 1.39 bits per heavy atom. The molecule has 2 saturated heterocycles. The number of nitrogens with zero attached hydrogens (tertiary/aromatic N) is 3. The van der Waals surface area contributed by atoms with Gasteiger partial charge in [-0.15, -0.1) is 0 Å². The van der Waals surface area contributed by atoms with Gasteiger partial charge in [0.2, 0.25) is 5.88 Å². The third-order valence-electron chi connectivity index (χ3n) is 5.00. The fourth-order valence-corrected chi connectivity index (χ4v) is 5.17. The maximum absolute atomic E-state index is 5.53. The number of hydrogen-bond donors (Lipinski definition) is 1. The van der Waals surface area contributed by atoms with Crippen LogP contribution in [0.4, 0.5) is 0 Å². The second-order valence-electron chi connectivity index (χ2n) is 6.43. The molecule has 1 aromatic heterocycles. The Morgan fingerprint density at radius 2 is 2.17 bits per heavy atom. The summed E-state index contributed by atoms with van der Waals surface area (Å²) in [5.41, 5.74) is 2.48. The lowest BCUT2D eigenvalue weighted by molar-refractivity contribution is -0.0134. The molecule has 1 aromatic rings. The lowest BCUT2D eigenvalue weighted by Gasteiger charge is -2.43. The lowest BCUT2D eigenvalue weighted by Crippen LogP contribution is -2.58. The van der Waals surface area contributed by atoms with Crippen molar-refractivity contribution in [2.75, 3.05) is 51.5 Å². The number of thioether (sulfide) groups is 1. The minimum absolute atomic E-state index is 0.276. The molecule has 0 amide bonds. The molecule has 1 atom stereocenters. The Balaban J connectivity index is 1.64. The number of nitrogens with one attached hydrogen (secondary N) is 1. The first kappa shape index (κ1) is 17.1. The van der Waals surface area contributed by atoms with E-state index in [0.717, 1.165) is 56.5 Å². The fraction of sp³-hybridized carbons (Fsp3) is 0.812. The lowest BCUT2D eigenvalue weighted by atomic mass is 9.95. The maximum atomic E-state index is 5.53. The third-order valence-corrected chi connectivity index (χ3v) is 6.24. The predicted octanol–water partition coefficient (Wildman–Crippen LogP) is 1.03. The Kier molecular flexibility index (Phi) is 5.51. The van der Waals surface area contributed by atoms with Crippen LogP contribution in [-0.4, -0.2) is 71.7 Å². The van der Waals surface area contributed by atoms with Crippen LogP contribution in [0, 0.1) is 6.92 Å². The molecule has 2 aliphatic heterocycles. The summed E-state index contributed by atoms with van der Waals surface area (Å²) in [6, 6.07) is 0. The molecule has 130 valence electrons. The van der Waals surface area contributed by atoms with E-state index in [4.69, 9.17) is 9.47 Å². The zero-order valence-corrected chi connectivity index (χ0v) is 15.2. The molecular weight excluding hydrogens is 312 g/mol. The molecule has 0 aliphatic carbocycles. The summed E-state index contributed by atoms with van der Waals surface area (Å²) < 4.78 is 12.8. The highest BCUT2D eigenvalue weighted by Crippen LogP contribution is 2.33. The number of morpholine rings is 1. The van der Waals surface area contributed by atoms with Crippen LogP contribution < -0.4 is 10.1 Å². The molecule has 0 saturated carbocycles. The van der Waals surface area contributed by atoms with E-state index in [9.17, 15) is 0 Å². The van der Waals surface area contributed by atoms with E-state index < -0.39 is 0 Å². The SMILES string of the molecule is COc1c(CNC[C@@]2(N3CCOCC3)CCSC2)c(C)nn1C. The highest BCUT2D eigenvalue weighted by molar-refractivity contribution is 7.99. The van der Waals surface area contributed by atoms with E-state index in [-0.39, 0.29) is 5.54 Å². The van der Waals surface area contributed by atoms with Gasteiger partial charge >= 0.3 is 0 Å². The molecule has 2 fully saturated rings. The van der Waals surface area contributed by atoms with Crippen molar-refractivity contribution in [3.63, 3.8) is 0 Å². The van der Waals surface area contributed by atoms with E-state index in [2.05, 4.69) is 27.1 Å². The summed E-state index contributed by atoms with van der Waals surface area (Å²) in [6.07, 6.45) is 1.26. The second kappa shape index (κ2) is 7.42. The van der Waals surface area contributed by atoms with Crippen molar-refractivity contribution in [3.8, 4) is 5.88 Å². The molecule has 3 heterocycles. The fourth-order valence-electron chi connectivity index (χ4n) is 3.69. The highest BCUT2D eigenvalue weighted by atomic mass is 32.2. The minimum atomic E-state index is 0.276. The van der Waals surface area contributed by atoms with Gasteiger partial charge in [-0.1, -0.05) is 0 Å². The number of hydrogen-bond acceptors (Lipinski definition) is 6. The first-order valence-corrected chi connectivity index (χ1v) is 9.49. The summed E-state index contributed by atoms with van der Waals surface area (Å²) in [6.45, 7) is 7.69. The van der Waals surface area contributed by atoms with Crippen LogP contribution in [0.2, 0.25) is 0 Å². The van der Waals surface area contributed by atoms with Crippen molar-refractivity contribution < 1.29 is 9.47 Å². The van der Waals surface area contributed by atoms with Gasteiger partial charge in [-0.05, 0) is 19.1 Å². The van der Waals surface area contributed by atoms with Gasteiger partial charge in [-0.3, -0.25) is 4.90 Å². The summed E-state index contributed by atoms with van der Waals surface area (Å²) in [5, 5.41) is 8.14. The minimum Gasteiger partial charge on any atom is -0.481 e. The molecule has 0 radical (unpaired) electrons. The van der Waals surface area contributed by atoms with Crippen molar-refractivity contribution in [3.05, 3.63) is 11.3 Å². The topological polar surface area (TPSA) is 51.6 Å². The van der Waals surface area contributed by atoms with Crippen molar-refractivity contribution in [1.82, 2.24) is 20.0 Å². The van der Waals surface area contributed by atoms with E-state index >= 15 is 0 Å². The normalized spacial score (nSPS) is 25.9. The summed E-state index contributed by atoms with van der Waals surface area (Å²) >= 11 is 2.07. The van der Waals surface area contributed by atoms with Crippen LogP contribution in [0.5, 0.6) is 5.88 Å². The standard InChI is InChI=1S/C16H28N4O2S/c1-13-14(15(21-3)19(2)18-13)10-17-11-16(4-9-23-12-16)20-5-7-22-8-6-20/h17H,4-12H2,1-3H3/t16-/m0/s1. The first-order valence-electron chi connectivity index (χ1n) is 8.34. The van der Waals surface area contributed by atoms with E-state index in [0.29, 0.717) is 0 Å². The Hall–Kier alpha value is -0.760. The van der Waals surface area contributed by atoms with Crippen LogP contribution in [0.15, 0.2) is 0 Å². The molecule has 2 aliphatic rings. The number of rotatable bonds is 6. The molecule has 23 heavy (non-hydrogen) atoms. The van der Waals surface area contributed by atoms with E-state index in [1.165, 1.54) is 17.9 Å². The monoisotopic (exact) mass is 340 g/mol. The predicted molar refractivity (Wildman–Crippen MR) is 93.3 cm³/mol. The van der Waals surface area contributed by atoms with Gasteiger partial charge in [0.1, 0.15) is 0 Å². The molecule has 0 bridgehead atoms. The quantitative estimate of drug-likeness (QED) is 0.835. The van der Waals surface area contributed by atoms with Crippen LogP contribution in [0.1, 0.15) is 17.7 Å². The van der Waals surface area contributed by atoms with Gasteiger partial charge in [-0.25, -0.2) is 4.68 Å². The summed E-state index contributed by atoms with van der Waals surface area (Å²) in [5.74, 6) is 3.33. The zero-order chi connectivity index (χ0) is 16.3. The highest BCUT2D eigenvalue weighted by Gasteiger charge is 2.40. The number of ether oxygens (including phenoxy) is 2. The summed E-state index contributed by atoms with van der Waals surface area (Å²) in [4.78, 5) is 2.64. The van der Waals surface area contributed by atoms with Crippen LogP contribution >= 0.6 is 11.8 Å². The molecule has 0 aromatic carbocycles. The van der Waals surface area contributed by atoms with Crippen LogP contribution in [0.3, 0.4) is 0 Å². The van der Waals surface area contributed by atoms with Gasteiger partial charge in [0.05, 0.1) is 31.6 Å². The molecule has 7 heteroatoms. The smallest absolute Gasteiger partial charge is 0.216 e. The number of aromatic nitrogens is 2. The van der Waals surface area contributed by atoms with Crippen LogP contribution in [0.25, 0.3) is 0 Å². The molecule has 6 nitrogen and oxygen atoms in total. The van der Waals surface area contributed by atoms with Gasteiger partial charge in [0.25, 0.3) is 0 Å². The average Bonchev–Trinajstić information content (AvgIpc) is 3.14. The molecule has 0 unspecified atom stereocenters. The van der Waals surface area contributed by atoms with Gasteiger partial charge in [0, 0.05) is 44.5 Å². The molecule has 1 N–H and O–H groups in total. The van der Waals surface area contributed by atoms with Crippen molar-refractivity contribution >= 4 is 11.8 Å². The number of aryl methyl sites for hydroxylation is 2. The largest absolute Gasteiger partial charge is 0.481 e. The number of methoxy groups -OCH3 is 1. The average molecular weight is 340 g/mol. The summed E-state index contributed by atoms with van der Waals surface area (Å²) in [7, 11) is 3.64.